The molecule has 1 aliphatic rings. The molecule has 0 aliphatic heterocycles. The Bertz CT molecular complexity index is 623. The fourth-order valence-corrected chi connectivity index (χ4v) is 2.38. The number of aromatic nitrogens is 2. The van der Waals surface area contributed by atoms with Gasteiger partial charge >= 0.3 is 0 Å². The van der Waals surface area contributed by atoms with Gasteiger partial charge in [-0.2, -0.15) is 4.98 Å². The van der Waals surface area contributed by atoms with Crippen LogP contribution >= 0.6 is 0 Å². The number of hydrogen-bond acceptors (Lipinski definition) is 5. The molecular formula is C16H20N4O. The van der Waals surface area contributed by atoms with E-state index in [1.165, 1.54) is 18.4 Å². The van der Waals surface area contributed by atoms with Crippen molar-refractivity contribution in [2.45, 2.75) is 32.4 Å². The molecule has 21 heavy (non-hydrogen) atoms. The van der Waals surface area contributed by atoms with Gasteiger partial charge in [-0.15, -0.1) is 0 Å². The van der Waals surface area contributed by atoms with Gasteiger partial charge < -0.3 is 15.4 Å². The first kappa shape index (κ1) is 13.7. The first-order valence-electron chi connectivity index (χ1n) is 7.16. The Morgan fingerprint density at radius 3 is 2.57 bits per heavy atom. The maximum absolute atomic E-state index is 5.75. The zero-order valence-electron chi connectivity index (χ0n) is 12.4. The van der Waals surface area contributed by atoms with Gasteiger partial charge in [0.05, 0.1) is 7.11 Å². The average Bonchev–Trinajstić information content (AvgIpc) is 3.30. The molecule has 0 amide bonds. The Kier molecular flexibility index (Phi) is 3.64. The molecule has 2 N–H and O–H groups in total. The molecule has 3 rings (SSSR count). The van der Waals surface area contributed by atoms with Gasteiger partial charge in [-0.1, -0.05) is 12.1 Å². The molecule has 0 radical (unpaired) electrons. The fraction of sp³-hybridized carbons (Fsp3) is 0.375. The minimum atomic E-state index is 0.557. The molecule has 0 bridgehead atoms. The van der Waals surface area contributed by atoms with Crippen molar-refractivity contribution in [2.24, 2.45) is 0 Å². The second kappa shape index (κ2) is 5.60. The van der Waals surface area contributed by atoms with Crippen molar-refractivity contribution < 1.29 is 4.74 Å². The first-order valence-corrected chi connectivity index (χ1v) is 7.16. The van der Waals surface area contributed by atoms with Crippen molar-refractivity contribution in [1.82, 2.24) is 9.97 Å². The van der Waals surface area contributed by atoms with Gasteiger partial charge in [0.15, 0.2) is 0 Å². The minimum Gasteiger partial charge on any atom is -0.481 e. The van der Waals surface area contributed by atoms with E-state index in [1.807, 2.05) is 25.1 Å². The Morgan fingerprint density at radius 2 is 1.95 bits per heavy atom. The number of hydrogen-bond donors (Lipinski definition) is 1. The normalized spacial score (nSPS) is 14.0. The Morgan fingerprint density at radius 1 is 1.24 bits per heavy atom. The van der Waals surface area contributed by atoms with E-state index in [9.17, 15) is 0 Å². The molecule has 1 heterocycles. The summed E-state index contributed by atoms with van der Waals surface area (Å²) in [7, 11) is 1.63. The summed E-state index contributed by atoms with van der Waals surface area (Å²) in [5, 5.41) is 0. The van der Waals surface area contributed by atoms with Crippen LogP contribution in [-0.4, -0.2) is 23.1 Å². The molecule has 110 valence electrons. The molecule has 1 aromatic heterocycles. The van der Waals surface area contributed by atoms with Crippen molar-refractivity contribution in [3.63, 3.8) is 0 Å². The van der Waals surface area contributed by atoms with Crippen molar-refractivity contribution in [1.29, 1.82) is 0 Å². The van der Waals surface area contributed by atoms with Crippen LogP contribution < -0.4 is 15.4 Å². The van der Waals surface area contributed by atoms with E-state index in [1.54, 1.807) is 7.11 Å². The van der Waals surface area contributed by atoms with Gasteiger partial charge in [-0.25, -0.2) is 4.98 Å². The van der Waals surface area contributed by atoms with Crippen LogP contribution in [0.2, 0.25) is 0 Å². The van der Waals surface area contributed by atoms with Crippen LogP contribution in [0.4, 0.5) is 11.5 Å². The largest absolute Gasteiger partial charge is 0.481 e. The number of ether oxygens (including phenoxy) is 1. The highest BCUT2D eigenvalue weighted by Crippen LogP contribution is 2.33. The highest BCUT2D eigenvalue weighted by Gasteiger charge is 2.30. The summed E-state index contributed by atoms with van der Waals surface area (Å²) in [6.07, 6.45) is 2.42. The molecule has 1 aliphatic carbocycles. The lowest BCUT2D eigenvalue weighted by Crippen LogP contribution is -2.26. The molecule has 1 fully saturated rings. The van der Waals surface area contributed by atoms with Crippen LogP contribution in [0.5, 0.6) is 5.88 Å². The van der Waals surface area contributed by atoms with Crippen LogP contribution in [0.1, 0.15) is 24.2 Å². The van der Waals surface area contributed by atoms with E-state index in [0.29, 0.717) is 11.9 Å². The summed E-state index contributed by atoms with van der Waals surface area (Å²) in [5.41, 5.74) is 7.76. The predicted octanol–water partition coefficient (Wildman–Crippen LogP) is 2.54. The summed E-state index contributed by atoms with van der Waals surface area (Å²) in [6, 6.07) is 10.5. The number of methoxy groups -OCH3 is 1. The third-order valence-electron chi connectivity index (χ3n) is 3.62. The van der Waals surface area contributed by atoms with Crippen LogP contribution in [0, 0.1) is 6.92 Å². The lowest BCUT2D eigenvalue weighted by molar-refractivity contribution is 0.395. The van der Waals surface area contributed by atoms with Gasteiger partial charge in [0.25, 0.3) is 0 Å². The third-order valence-corrected chi connectivity index (χ3v) is 3.62. The Hall–Kier alpha value is -2.30. The van der Waals surface area contributed by atoms with Crippen LogP contribution in [0.25, 0.3) is 0 Å². The zero-order chi connectivity index (χ0) is 14.8. The molecule has 1 saturated carbocycles. The van der Waals surface area contributed by atoms with Crippen LogP contribution in [0.15, 0.2) is 30.3 Å². The fourth-order valence-electron chi connectivity index (χ4n) is 2.38. The number of nitrogen functional groups attached to an aromatic ring is 1. The number of aryl methyl sites for hydroxylation is 1. The summed E-state index contributed by atoms with van der Waals surface area (Å²) < 4.78 is 5.26. The van der Waals surface area contributed by atoms with Gasteiger partial charge in [0.1, 0.15) is 11.6 Å². The van der Waals surface area contributed by atoms with E-state index in [2.05, 4.69) is 27.0 Å². The van der Waals surface area contributed by atoms with Gasteiger partial charge in [0, 0.05) is 24.3 Å². The van der Waals surface area contributed by atoms with E-state index < -0.39 is 0 Å². The number of anilines is 2. The molecule has 0 unspecified atom stereocenters. The molecule has 0 atom stereocenters. The smallest absolute Gasteiger partial charge is 0.218 e. The summed E-state index contributed by atoms with van der Waals surface area (Å²) in [5.74, 6) is 2.27. The Balaban J connectivity index is 1.87. The quantitative estimate of drug-likeness (QED) is 0.855. The highest BCUT2D eigenvalue weighted by molar-refractivity contribution is 5.46. The van der Waals surface area contributed by atoms with Crippen LogP contribution in [0.3, 0.4) is 0 Å². The molecule has 0 saturated heterocycles. The first-order chi connectivity index (χ1) is 10.2. The number of nitrogens with zero attached hydrogens (tertiary/aromatic N) is 3. The minimum absolute atomic E-state index is 0.557. The second-order valence-corrected chi connectivity index (χ2v) is 5.42. The number of rotatable bonds is 5. The second-order valence-electron chi connectivity index (χ2n) is 5.42. The molecule has 0 spiro atoms. The standard InChI is InChI=1S/C16H20N4O/c1-11-18-15(9-16(19-11)21-2)20(14-7-8-14)10-12-3-5-13(17)6-4-12/h3-6,9,14H,7-8,10,17H2,1-2H3. The molecular weight excluding hydrogens is 264 g/mol. The van der Waals surface area contributed by atoms with E-state index in [-0.39, 0.29) is 0 Å². The van der Waals surface area contributed by atoms with Gasteiger partial charge in [-0.3, -0.25) is 0 Å². The lowest BCUT2D eigenvalue weighted by atomic mass is 10.2. The van der Waals surface area contributed by atoms with Crippen molar-refractivity contribution in [3.05, 3.63) is 41.7 Å². The lowest BCUT2D eigenvalue weighted by Gasteiger charge is -2.24. The summed E-state index contributed by atoms with van der Waals surface area (Å²) in [6.45, 7) is 2.71. The average molecular weight is 284 g/mol. The molecule has 5 nitrogen and oxygen atoms in total. The highest BCUT2D eigenvalue weighted by atomic mass is 16.5. The molecule has 1 aromatic carbocycles. The number of benzene rings is 1. The molecule has 5 heteroatoms. The van der Waals surface area contributed by atoms with E-state index in [0.717, 1.165) is 23.9 Å². The van der Waals surface area contributed by atoms with Gasteiger partial charge in [0.2, 0.25) is 5.88 Å². The van der Waals surface area contributed by atoms with E-state index >= 15 is 0 Å². The summed E-state index contributed by atoms with van der Waals surface area (Å²) >= 11 is 0. The van der Waals surface area contributed by atoms with Crippen molar-refractivity contribution in [3.8, 4) is 5.88 Å². The maximum atomic E-state index is 5.75. The van der Waals surface area contributed by atoms with Gasteiger partial charge in [-0.05, 0) is 37.5 Å². The summed E-state index contributed by atoms with van der Waals surface area (Å²) in [4.78, 5) is 11.1. The molecule has 2 aromatic rings. The Labute approximate surface area is 124 Å². The number of nitrogens with two attached hydrogens (primary N) is 1. The monoisotopic (exact) mass is 284 g/mol. The SMILES string of the molecule is COc1cc(N(Cc2ccc(N)cc2)C2CC2)nc(C)n1. The van der Waals surface area contributed by atoms with Crippen LogP contribution in [-0.2, 0) is 6.54 Å². The predicted molar refractivity (Wildman–Crippen MR) is 83.4 cm³/mol. The van der Waals surface area contributed by atoms with E-state index in [4.69, 9.17) is 10.5 Å². The topological polar surface area (TPSA) is 64.3 Å². The van der Waals surface area contributed by atoms with Crippen molar-refractivity contribution >= 4 is 11.5 Å². The third kappa shape index (κ3) is 3.24. The zero-order valence-corrected chi connectivity index (χ0v) is 12.4. The van der Waals surface area contributed by atoms with Crippen molar-refractivity contribution in [2.75, 3.05) is 17.7 Å². The maximum Gasteiger partial charge on any atom is 0.218 e.